The Morgan fingerprint density at radius 2 is 2.11 bits per heavy atom. The third kappa shape index (κ3) is 3.72. The lowest BCUT2D eigenvalue weighted by atomic mass is 9.91. The van der Waals surface area contributed by atoms with Crippen LogP contribution in [0.3, 0.4) is 0 Å². The largest absolute Gasteiger partial charge is 0.469 e. The zero-order chi connectivity index (χ0) is 13.5. The number of halogens is 1. The smallest absolute Gasteiger partial charge is 0.311 e. The number of ether oxygens (including phenoxy) is 1. The van der Waals surface area contributed by atoms with Gasteiger partial charge in [0, 0.05) is 5.02 Å². The molecule has 1 aromatic rings. The fourth-order valence-electron chi connectivity index (χ4n) is 1.91. The third-order valence-corrected chi connectivity index (χ3v) is 3.32. The number of methoxy groups -OCH3 is 1. The highest BCUT2D eigenvalue weighted by Crippen LogP contribution is 2.31. The molecule has 2 atom stereocenters. The van der Waals surface area contributed by atoms with Crippen LogP contribution in [-0.4, -0.2) is 18.2 Å². The Morgan fingerprint density at radius 3 is 2.67 bits per heavy atom. The molecule has 0 spiro atoms. The number of esters is 1. The summed E-state index contributed by atoms with van der Waals surface area (Å²) in [4.78, 5) is 11.7. The van der Waals surface area contributed by atoms with Crippen LogP contribution in [-0.2, 0) is 9.53 Å². The number of carbonyl (C=O) groups excluding carboxylic acids is 1. The van der Waals surface area contributed by atoms with Gasteiger partial charge in [0.1, 0.15) is 0 Å². The molecule has 0 aliphatic heterocycles. The topological polar surface area (TPSA) is 46.5 Å². The van der Waals surface area contributed by atoms with Gasteiger partial charge in [0.05, 0.1) is 19.1 Å². The average molecular weight is 271 g/mol. The Bertz CT molecular complexity index is 392. The second-order valence-electron chi connectivity index (χ2n) is 4.24. The summed E-state index contributed by atoms with van der Waals surface area (Å²) in [7, 11) is 1.33. The molecule has 0 amide bonds. The van der Waals surface area contributed by atoms with Gasteiger partial charge < -0.3 is 9.84 Å². The molecule has 0 aliphatic rings. The molecule has 0 saturated carbocycles. The summed E-state index contributed by atoms with van der Waals surface area (Å²) < 4.78 is 4.75. The molecule has 1 N–H and O–H groups in total. The van der Waals surface area contributed by atoms with E-state index in [-0.39, 0.29) is 0 Å². The minimum absolute atomic E-state index is 0.393. The predicted octanol–water partition coefficient (Wildman–Crippen LogP) is 3.35. The fourth-order valence-corrected chi connectivity index (χ4v) is 2.16. The Morgan fingerprint density at radius 1 is 1.44 bits per heavy atom. The molecule has 0 fully saturated rings. The Balaban J connectivity index is 2.91. The van der Waals surface area contributed by atoms with Crippen LogP contribution in [0.25, 0.3) is 0 Å². The van der Waals surface area contributed by atoms with Crippen molar-refractivity contribution >= 4 is 17.6 Å². The predicted molar refractivity (Wildman–Crippen MR) is 71.4 cm³/mol. The molecule has 18 heavy (non-hydrogen) atoms. The highest BCUT2D eigenvalue weighted by atomic mass is 35.5. The first kappa shape index (κ1) is 15.0. The number of aliphatic hydroxyl groups is 1. The van der Waals surface area contributed by atoms with Gasteiger partial charge in [0.15, 0.2) is 0 Å². The van der Waals surface area contributed by atoms with Gasteiger partial charge in [-0.1, -0.05) is 49.6 Å². The van der Waals surface area contributed by atoms with Gasteiger partial charge in [-0.3, -0.25) is 4.79 Å². The molecule has 3 nitrogen and oxygen atoms in total. The monoisotopic (exact) mass is 270 g/mol. The van der Waals surface area contributed by atoms with Crippen molar-refractivity contribution in [1.82, 2.24) is 0 Å². The van der Waals surface area contributed by atoms with Gasteiger partial charge in [0.2, 0.25) is 0 Å². The van der Waals surface area contributed by atoms with Gasteiger partial charge in [0.25, 0.3) is 0 Å². The first-order valence-electron chi connectivity index (χ1n) is 6.12. The Kier molecular flexibility index (Phi) is 6.16. The van der Waals surface area contributed by atoms with Crippen LogP contribution in [0.1, 0.15) is 37.9 Å². The minimum atomic E-state index is -0.919. The van der Waals surface area contributed by atoms with Crippen LogP contribution in [0.5, 0.6) is 0 Å². The minimum Gasteiger partial charge on any atom is -0.469 e. The molecule has 1 aromatic carbocycles. The first-order valence-corrected chi connectivity index (χ1v) is 6.50. The molecule has 100 valence electrons. The van der Waals surface area contributed by atoms with E-state index in [1.54, 1.807) is 24.3 Å². The molecule has 0 heterocycles. The van der Waals surface area contributed by atoms with E-state index in [1.807, 2.05) is 6.92 Å². The normalized spacial score (nSPS) is 14.0. The molecular weight excluding hydrogens is 252 g/mol. The van der Waals surface area contributed by atoms with Crippen molar-refractivity contribution in [2.45, 2.75) is 32.3 Å². The van der Waals surface area contributed by atoms with Gasteiger partial charge in [-0.15, -0.1) is 0 Å². The summed E-state index contributed by atoms with van der Waals surface area (Å²) in [6.07, 6.45) is 1.50. The SMILES string of the molecule is CCCCC(C(=O)OC)C(O)c1ccccc1Cl. The summed E-state index contributed by atoms with van der Waals surface area (Å²) in [6, 6.07) is 7.01. The van der Waals surface area contributed by atoms with E-state index in [9.17, 15) is 9.90 Å². The van der Waals surface area contributed by atoms with Crippen LogP contribution in [0, 0.1) is 5.92 Å². The summed E-state index contributed by atoms with van der Waals surface area (Å²) >= 11 is 6.03. The van der Waals surface area contributed by atoms with Crippen molar-refractivity contribution in [2.75, 3.05) is 7.11 Å². The van der Waals surface area contributed by atoms with Crippen molar-refractivity contribution < 1.29 is 14.6 Å². The Labute approximate surface area is 113 Å². The van der Waals surface area contributed by atoms with Crippen LogP contribution in [0.4, 0.5) is 0 Å². The van der Waals surface area contributed by atoms with E-state index in [4.69, 9.17) is 16.3 Å². The maximum Gasteiger partial charge on any atom is 0.311 e. The summed E-state index contributed by atoms with van der Waals surface area (Å²) in [5, 5.41) is 10.8. The van der Waals surface area contributed by atoms with Crippen molar-refractivity contribution in [1.29, 1.82) is 0 Å². The molecule has 4 heteroatoms. The molecule has 0 saturated heterocycles. The van der Waals surface area contributed by atoms with Crippen molar-refractivity contribution in [3.05, 3.63) is 34.9 Å². The lowest BCUT2D eigenvalue weighted by molar-refractivity contribution is -0.150. The molecule has 0 aliphatic carbocycles. The fraction of sp³-hybridized carbons (Fsp3) is 0.500. The zero-order valence-electron chi connectivity index (χ0n) is 10.7. The number of unbranched alkanes of at least 4 members (excludes halogenated alkanes) is 1. The van der Waals surface area contributed by atoms with Gasteiger partial charge in [-0.2, -0.15) is 0 Å². The van der Waals surface area contributed by atoms with Crippen molar-refractivity contribution in [3.63, 3.8) is 0 Å². The standard InChI is InChI=1S/C14H19ClO3/c1-3-4-7-11(14(17)18-2)13(16)10-8-5-6-9-12(10)15/h5-6,8-9,11,13,16H,3-4,7H2,1-2H3. The second-order valence-corrected chi connectivity index (χ2v) is 4.65. The summed E-state index contributed by atoms with van der Waals surface area (Å²) in [5.74, 6) is -0.953. The van der Waals surface area contributed by atoms with E-state index in [1.165, 1.54) is 7.11 Å². The van der Waals surface area contributed by atoms with Gasteiger partial charge in [-0.25, -0.2) is 0 Å². The number of hydrogen-bond donors (Lipinski definition) is 1. The lowest BCUT2D eigenvalue weighted by Crippen LogP contribution is -2.24. The van der Waals surface area contributed by atoms with E-state index in [2.05, 4.69) is 0 Å². The summed E-state index contributed by atoms with van der Waals surface area (Å²) in [5.41, 5.74) is 0.575. The molecule has 2 unspecified atom stereocenters. The van der Waals surface area contributed by atoms with Crippen LogP contribution in [0.15, 0.2) is 24.3 Å². The number of carbonyl (C=O) groups is 1. The quantitative estimate of drug-likeness (QED) is 0.807. The van der Waals surface area contributed by atoms with Crippen LogP contribution < -0.4 is 0 Å². The highest BCUT2D eigenvalue weighted by Gasteiger charge is 2.29. The maximum absolute atomic E-state index is 11.7. The Hall–Kier alpha value is -1.06. The molecule has 0 aromatic heterocycles. The van der Waals surface area contributed by atoms with Gasteiger partial charge >= 0.3 is 5.97 Å². The van der Waals surface area contributed by atoms with E-state index in [0.717, 1.165) is 12.8 Å². The second kappa shape index (κ2) is 7.39. The van der Waals surface area contributed by atoms with Gasteiger partial charge in [-0.05, 0) is 18.1 Å². The third-order valence-electron chi connectivity index (χ3n) is 2.98. The number of hydrogen-bond acceptors (Lipinski definition) is 3. The maximum atomic E-state index is 11.7. The average Bonchev–Trinajstić information content (AvgIpc) is 2.39. The lowest BCUT2D eigenvalue weighted by Gasteiger charge is -2.21. The molecular formula is C14H19ClO3. The highest BCUT2D eigenvalue weighted by molar-refractivity contribution is 6.31. The van der Waals surface area contributed by atoms with Crippen molar-refractivity contribution in [2.24, 2.45) is 5.92 Å². The van der Waals surface area contributed by atoms with E-state index >= 15 is 0 Å². The number of rotatable bonds is 6. The molecule has 0 bridgehead atoms. The number of benzene rings is 1. The van der Waals surface area contributed by atoms with Crippen LogP contribution >= 0.6 is 11.6 Å². The van der Waals surface area contributed by atoms with E-state index in [0.29, 0.717) is 17.0 Å². The zero-order valence-corrected chi connectivity index (χ0v) is 11.5. The summed E-state index contributed by atoms with van der Waals surface area (Å²) in [6.45, 7) is 2.04. The molecule has 1 rings (SSSR count). The van der Waals surface area contributed by atoms with Crippen molar-refractivity contribution in [3.8, 4) is 0 Å². The first-order chi connectivity index (χ1) is 8.61. The number of aliphatic hydroxyl groups excluding tert-OH is 1. The van der Waals surface area contributed by atoms with Crippen LogP contribution in [0.2, 0.25) is 5.02 Å². The molecule has 0 radical (unpaired) electrons. The van der Waals surface area contributed by atoms with E-state index < -0.39 is 18.0 Å².